The van der Waals surface area contributed by atoms with Crippen molar-refractivity contribution >= 4 is 28.5 Å². The molecule has 1 saturated heterocycles. The minimum Gasteiger partial charge on any atom is -0.383 e. The van der Waals surface area contributed by atoms with E-state index in [2.05, 4.69) is 33.2 Å². The third-order valence-corrected chi connectivity index (χ3v) is 5.27. The van der Waals surface area contributed by atoms with E-state index < -0.39 is 0 Å². The Balaban J connectivity index is 1.59. The van der Waals surface area contributed by atoms with Crippen LogP contribution in [0.3, 0.4) is 0 Å². The Morgan fingerprint density at radius 3 is 2.77 bits per heavy atom. The van der Waals surface area contributed by atoms with E-state index in [4.69, 9.17) is 5.73 Å². The van der Waals surface area contributed by atoms with Crippen LogP contribution in [0.25, 0.3) is 0 Å². The standard InChI is InChI=1S/C17H20N4S/c18-17(16-4-3-11-22-16)19-14-5-6-15-13(12-14)7-10-21(15)20-8-1-2-9-20/h3-6,11-12H,1-2,7-10H2,(H2,18,19). The van der Waals surface area contributed by atoms with Gasteiger partial charge < -0.3 is 10.7 Å². The number of hydrogen-bond acceptors (Lipinski definition) is 4. The minimum atomic E-state index is 0.601. The molecule has 2 aliphatic rings. The first kappa shape index (κ1) is 13.8. The van der Waals surface area contributed by atoms with Crippen LogP contribution < -0.4 is 10.7 Å². The molecule has 5 heteroatoms. The predicted molar refractivity (Wildman–Crippen MR) is 93.0 cm³/mol. The van der Waals surface area contributed by atoms with Crippen LogP contribution in [-0.4, -0.2) is 30.5 Å². The first-order valence-corrected chi connectivity index (χ1v) is 8.72. The summed E-state index contributed by atoms with van der Waals surface area (Å²) < 4.78 is 0. The number of amidine groups is 1. The summed E-state index contributed by atoms with van der Waals surface area (Å²) >= 11 is 1.62. The quantitative estimate of drug-likeness (QED) is 0.699. The minimum absolute atomic E-state index is 0.601. The Bertz CT molecular complexity index is 687. The molecule has 1 aromatic heterocycles. The van der Waals surface area contributed by atoms with E-state index in [1.807, 2.05) is 17.5 Å². The molecule has 2 aliphatic heterocycles. The second-order valence-electron chi connectivity index (χ2n) is 5.82. The van der Waals surface area contributed by atoms with Gasteiger partial charge >= 0.3 is 0 Å². The highest BCUT2D eigenvalue weighted by atomic mass is 32.1. The lowest BCUT2D eigenvalue weighted by Gasteiger charge is -2.30. The zero-order valence-corrected chi connectivity index (χ0v) is 13.4. The van der Waals surface area contributed by atoms with Crippen LogP contribution in [0.4, 0.5) is 11.4 Å². The zero-order chi connectivity index (χ0) is 14.9. The van der Waals surface area contributed by atoms with Gasteiger partial charge in [-0.25, -0.2) is 10.0 Å². The summed E-state index contributed by atoms with van der Waals surface area (Å²) in [7, 11) is 0. The zero-order valence-electron chi connectivity index (χ0n) is 12.5. The fourth-order valence-corrected chi connectivity index (χ4v) is 3.92. The number of thiophene rings is 1. The van der Waals surface area contributed by atoms with Crippen molar-refractivity contribution in [1.29, 1.82) is 0 Å². The Morgan fingerprint density at radius 2 is 2.00 bits per heavy atom. The second kappa shape index (κ2) is 5.74. The summed E-state index contributed by atoms with van der Waals surface area (Å²) in [5.41, 5.74) is 9.76. The van der Waals surface area contributed by atoms with Crippen molar-refractivity contribution in [3.63, 3.8) is 0 Å². The average Bonchev–Trinajstić information content (AvgIpc) is 3.27. The van der Waals surface area contributed by atoms with Crippen LogP contribution in [-0.2, 0) is 6.42 Å². The fourth-order valence-electron chi connectivity index (χ4n) is 3.29. The van der Waals surface area contributed by atoms with Gasteiger partial charge in [-0.1, -0.05) is 6.07 Å². The fraction of sp³-hybridized carbons (Fsp3) is 0.353. The van der Waals surface area contributed by atoms with E-state index in [9.17, 15) is 0 Å². The Morgan fingerprint density at radius 1 is 1.14 bits per heavy atom. The molecule has 114 valence electrons. The summed E-state index contributed by atoms with van der Waals surface area (Å²) in [5.74, 6) is 0.601. The van der Waals surface area contributed by atoms with Gasteiger partial charge in [0.05, 0.1) is 16.3 Å². The molecular formula is C17H20N4S. The molecule has 1 aromatic carbocycles. The number of benzene rings is 1. The van der Waals surface area contributed by atoms with E-state index >= 15 is 0 Å². The Hall–Kier alpha value is -1.85. The molecule has 4 rings (SSSR count). The lowest BCUT2D eigenvalue weighted by atomic mass is 10.1. The maximum atomic E-state index is 6.09. The first-order chi connectivity index (χ1) is 10.8. The van der Waals surface area contributed by atoms with Crippen molar-refractivity contribution in [2.24, 2.45) is 10.7 Å². The van der Waals surface area contributed by atoms with Gasteiger partial charge in [-0.3, -0.25) is 0 Å². The number of hydrogen-bond donors (Lipinski definition) is 1. The maximum Gasteiger partial charge on any atom is 0.141 e. The molecule has 4 nitrogen and oxygen atoms in total. The number of hydrazine groups is 1. The van der Waals surface area contributed by atoms with Gasteiger partial charge in [0.2, 0.25) is 0 Å². The predicted octanol–water partition coefficient (Wildman–Crippen LogP) is 3.16. The largest absolute Gasteiger partial charge is 0.383 e. The third-order valence-electron chi connectivity index (χ3n) is 4.38. The lowest BCUT2D eigenvalue weighted by Crippen LogP contribution is -2.39. The van der Waals surface area contributed by atoms with Crippen molar-refractivity contribution in [3.8, 4) is 0 Å². The molecule has 0 spiro atoms. The topological polar surface area (TPSA) is 44.9 Å². The number of aliphatic imine (C=N–C) groups is 1. The third kappa shape index (κ3) is 2.51. The molecule has 0 aliphatic carbocycles. The number of anilines is 1. The molecule has 3 heterocycles. The van der Waals surface area contributed by atoms with Gasteiger partial charge in [-0.05, 0) is 54.5 Å². The van der Waals surface area contributed by atoms with Gasteiger partial charge in [0.15, 0.2) is 0 Å². The monoisotopic (exact) mass is 312 g/mol. The number of nitrogens with two attached hydrogens (primary N) is 1. The average molecular weight is 312 g/mol. The molecule has 0 amide bonds. The van der Waals surface area contributed by atoms with Gasteiger partial charge in [-0.15, -0.1) is 11.3 Å². The first-order valence-electron chi connectivity index (χ1n) is 7.84. The summed E-state index contributed by atoms with van der Waals surface area (Å²) in [4.78, 5) is 5.60. The lowest BCUT2D eigenvalue weighted by molar-refractivity contribution is 0.316. The van der Waals surface area contributed by atoms with Gasteiger partial charge in [0.25, 0.3) is 0 Å². The second-order valence-corrected chi connectivity index (χ2v) is 6.77. The van der Waals surface area contributed by atoms with E-state index in [-0.39, 0.29) is 0 Å². The number of rotatable bonds is 3. The van der Waals surface area contributed by atoms with Crippen LogP contribution in [0.2, 0.25) is 0 Å². The summed E-state index contributed by atoms with van der Waals surface area (Å²) in [5, 5.41) is 6.95. The molecule has 0 unspecified atom stereocenters. The SMILES string of the molecule is NC(=Nc1ccc2c(c1)CCN2N1CCCC1)c1cccs1. The number of nitrogens with zero attached hydrogens (tertiary/aromatic N) is 3. The molecule has 0 radical (unpaired) electrons. The van der Waals surface area contributed by atoms with Gasteiger partial charge in [0.1, 0.15) is 5.84 Å². The molecule has 0 saturated carbocycles. The molecular weight excluding hydrogens is 292 g/mol. The van der Waals surface area contributed by atoms with Crippen LogP contribution in [0.1, 0.15) is 23.3 Å². The Kier molecular flexibility index (Phi) is 3.60. The highest BCUT2D eigenvalue weighted by Crippen LogP contribution is 2.33. The molecule has 2 aromatic rings. The van der Waals surface area contributed by atoms with E-state index in [0.717, 1.165) is 23.5 Å². The highest BCUT2D eigenvalue weighted by molar-refractivity contribution is 7.12. The van der Waals surface area contributed by atoms with Crippen LogP contribution >= 0.6 is 11.3 Å². The van der Waals surface area contributed by atoms with Gasteiger partial charge in [0, 0.05) is 19.6 Å². The Labute approximate surface area is 134 Å². The molecule has 0 bridgehead atoms. The van der Waals surface area contributed by atoms with E-state index in [0.29, 0.717) is 5.84 Å². The molecule has 22 heavy (non-hydrogen) atoms. The highest BCUT2D eigenvalue weighted by Gasteiger charge is 2.26. The van der Waals surface area contributed by atoms with Crippen molar-refractivity contribution in [3.05, 3.63) is 46.2 Å². The van der Waals surface area contributed by atoms with E-state index in [1.54, 1.807) is 11.3 Å². The van der Waals surface area contributed by atoms with Crippen molar-refractivity contribution in [1.82, 2.24) is 5.01 Å². The molecule has 0 atom stereocenters. The smallest absolute Gasteiger partial charge is 0.141 e. The summed E-state index contributed by atoms with van der Waals surface area (Å²) in [6.45, 7) is 3.46. The van der Waals surface area contributed by atoms with Crippen LogP contribution in [0.5, 0.6) is 0 Å². The van der Waals surface area contributed by atoms with Crippen LogP contribution in [0, 0.1) is 0 Å². The van der Waals surface area contributed by atoms with Gasteiger partial charge in [-0.2, -0.15) is 0 Å². The van der Waals surface area contributed by atoms with Crippen molar-refractivity contribution in [2.75, 3.05) is 24.6 Å². The van der Waals surface area contributed by atoms with Crippen LogP contribution in [0.15, 0.2) is 40.7 Å². The normalized spacial score (nSPS) is 18.9. The van der Waals surface area contributed by atoms with E-state index in [1.165, 1.54) is 37.2 Å². The number of fused-ring (bicyclic) bond motifs is 1. The molecule has 1 fully saturated rings. The van der Waals surface area contributed by atoms with Crippen molar-refractivity contribution < 1.29 is 0 Å². The summed E-state index contributed by atoms with van der Waals surface area (Å²) in [6, 6.07) is 10.5. The summed E-state index contributed by atoms with van der Waals surface area (Å²) in [6.07, 6.45) is 3.71. The molecule has 2 N–H and O–H groups in total. The van der Waals surface area contributed by atoms with Crippen molar-refractivity contribution in [2.45, 2.75) is 19.3 Å². The maximum absolute atomic E-state index is 6.09.